The number of rotatable bonds is 3. The molecule has 1 aliphatic rings. The lowest BCUT2D eigenvalue weighted by Gasteiger charge is -2.07. The van der Waals surface area contributed by atoms with Gasteiger partial charge in [0.15, 0.2) is 28.9 Å². The van der Waals surface area contributed by atoms with Crippen LogP contribution in [0, 0.1) is 5.82 Å². The Bertz CT molecular complexity index is 915. The highest BCUT2D eigenvalue weighted by atomic mass is 19.1. The van der Waals surface area contributed by atoms with E-state index in [0.29, 0.717) is 28.6 Å². The van der Waals surface area contributed by atoms with Gasteiger partial charge in [-0.25, -0.2) is 14.4 Å². The Hall–Kier alpha value is -3.15. The molecule has 5 nitrogen and oxygen atoms in total. The molecule has 2 heterocycles. The number of methoxy groups -OCH3 is 1. The summed E-state index contributed by atoms with van der Waals surface area (Å²) in [5, 5.41) is 0. The molecule has 0 aliphatic carbocycles. The average molecular weight is 324 g/mol. The summed E-state index contributed by atoms with van der Waals surface area (Å²) in [7, 11) is 1.43. The maximum atomic E-state index is 13.9. The predicted octanol–water partition coefficient (Wildman–Crippen LogP) is 3.69. The number of hydrogen-bond donors (Lipinski definition) is 0. The van der Waals surface area contributed by atoms with Crippen molar-refractivity contribution in [3.05, 3.63) is 54.5 Å². The molecular weight excluding hydrogens is 311 g/mol. The number of aromatic nitrogens is 2. The Morgan fingerprint density at radius 3 is 2.67 bits per heavy atom. The lowest BCUT2D eigenvalue weighted by molar-refractivity contribution is 0.174. The van der Waals surface area contributed by atoms with Crippen LogP contribution in [0.1, 0.15) is 0 Å². The van der Waals surface area contributed by atoms with Gasteiger partial charge in [-0.15, -0.1) is 0 Å². The second-order valence-corrected chi connectivity index (χ2v) is 5.18. The lowest BCUT2D eigenvalue weighted by Crippen LogP contribution is -1.94. The third-order valence-corrected chi connectivity index (χ3v) is 3.73. The van der Waals surface area contributed by atoms with E-state index in [-0.39, 0.29) is 12.5 Å². The molecule has 0 saturated carbocycles. The van der Waals surface area contributed by atoms with Crippen molar-refractivity contribution in [1.82, 2.24) is 9.97 Å². The SMILES string of the molecule is COc1ccc(-c2ccnc(-c3ccc4c(c3)OCO4)n2)cc1F. The number of fused-ring (bicyclic) bond motifs is 1. The second kappa shape index (κ2) is 5.81. The van der Waals surface area contributed by atoms with E-state index in [9.17, 15) is 4.39 Å². The molecule has 120 valence electrons. The Morgan fingerprint density at radius 1 is 1.00 bits per heavy atom. The smallest absolute Gasteiger partial charge is 0.231 e. The fourth-order valence-electron chi connectivity index (χ4n) is 2.52. The summed E-state index contributed by atoms with van der Waals surface area (Å²) < 4.78 is 29.5. The van der Waals surface area contributed by atoms with E-state index in [4.69, 9.17) is 14.2 Å². The van der Waals surface area contributed by atoms with Gasteiger partial charge >= 0.3 is 0 Å². The molecule has 3 aromatic rings. The van der Waals surface area contributed by atoms with E-state index < -0.39 is 5.82 Å². The van der Waals surface area contributed by atoms with Crippen LogP contribution in [0.25, 0.3) is 22.6 Å². The van der Waals surface area contributed by atoms with E-state index >= 15 is 0 Å². The van der Waals surface area contributed by atoms with Crippen molar-refractivity contribution in [2.45, 2.75) is 0 Å². The predicted molar refractivity (Wildman–Crippen MR) is 85.5 cm³/mol. The van der Waals surface area contributed by atoms with Gasteiger partial charge in [-0.05, 0) is 42.5 Å². The Balaban J connectivity index is 1.72. The van der Waals surface area contributed by atoms with Gasteiger partial charge in [0, 0.05) is 17.3 Å². The third kappa shape index (κ3) is 2.52. The van der Waals surface area contributed by atoms with Gasteiger partial charge in [0.05, 0.1) is 12.8 Å². The van der Waals surface area contributed by atoms with Crippen molar-refractivity contribution >= 4 is 0 Å². The quantitative estimate of drug-likeness (QED) is 0.735. The highest BCUT2D eigenvalue weighted by Gasteiger charge is 2.15. The summed E-state index contributed by atoms with van der Waals surface area (Å²) in [6, 6.07) is 12.0. The van der Waals surface area contributed by atoms with Crippen molar-refractivity contribution < 1.29 is 18.6 Å². The van der Waals surface area contributed by atoms with Crippen LogP contribution in [0.2, 0.25) is 0 Å². The zero-order chi connectivity index (χ0) is 16.5. The summed E-state index contributed by atoms with van der Waals surface area (Å²) in [6.45, 7) is 0.213. The van der Waals surface area contributed by atoms with Gasteiger partial charge in [0.2, 0.25) is 6.79 Å². The van der Waals surface area contributed by atoms with E-state index in [0.717, 1.165) is 5.56 Å². The van der Waals surface area contributed by atoms with Gasteiger partial charge in [-0.3, -0.25) is 0 Å². The molecule has 0 N–H and O–H groups in total. The molecule has 0 radical (unpaired) electrons. The zero-order valence-corrected chi connectivity index (χ0v) is 12.8. The number of benzene rings is 2. The Kier molecular flexibility index (Phi) is 3.49. The van der Waals surface area contributed by atoms with Crippen LogP contribution < -0.4 is 14.2 Å². The molecule has 0 saturated heterocycles. The molecule has 0 fully saturated rings. The molecule has 0 amide bonds. The Labute approximate surface area is 137 Å². The molecule has 4 rings (SSSR count). The van der Waals surface area contributed by atoms with Crippen LogP contribution in [0.3, 0.4) is 0 Å². The third-order valence-electron chi connectivity index (χ3n) is 3.73. The van der Waals surface area contributed by atoms with Crippen LogP contribution in [-0.4, -0.2) is 23.9 Å². The first kappa shape index (κ1) is 14.4. The van der Waals surface area contributed by atoms with Crippen molar-refractivity contribution in [1.29, 1.82) is 0 Å². The van der Waals surface area contributed by atoms with Gasteiger partial charge in [0.1, 0.15) is 0 Å². The molecular formula is C18H13FN2O3. The fourth-order valence-corrected chi connectivity index (χ4v) is 2.52. The second-order valence-electron chi connectivity index (χ2n) is 5.18. The van der Waals surface area contributed by atoms with Gasteiger partial charge in [-0.1, -0.05) is 0 Å². The molecule has 0 spiro atoms. The van der Waals surface area contributed by atoms with Crippen molar-refractivity contribution in [2.75, 3.05) is 13.9 Å². The summed E-state index contributed by atoms with van der Waals surface area (Å²) in [5.41, 5.74) is 2.08. The summed E-state index contributed by atoms with van der Waals surface area (Å²) >= 11 is 0. The number of nitrogens with zero attached hydrogens (tertiary/aromatic N) is 2. The zero-order valence-electron chi connectivity index (χ0n) is 12.8. The molecule has 6 heteroatoms. The van der Waals surface area contributed by atoms with Crippen molar-refractivity contribution in [3.63, 3.8) is 0 Å². The van der Waals surface area contributed by atoms with Gasteiger partial charge in [-0.2, -0.15) is 0 Å². The fraction of sp³-hybridized carbons (Fsp3) is 0.111. The van der Waals surface area contributed by atoms with Crippen LogP contribution in [-0.2, 0) is 0 Å². The standard InChI is InChI=1S/C18H13FN2O3/c1-22-15-4-2-11(8-13(15)19)14-6-7-20-18(21-14)12-3-5-16-17(9-12)24-10-23-16/h2-9H,10H2,1H3. The summed E-state index contributed by atoms with van der Waals surface area (Å²) in [5.74, 6) is 1.66. The minimum absolute atomic E-state index is 0.198. The summed E-state index contributed by atoms with van der Waals surface area (Å²) in [6.07, 6.45) is 1.64. The van der Waals surface area contributed by atoms with Crippen LogP contribution in [0.15, 0.2) is 48.7 Å². The first-order valence-corrected chi connectivity index (χ1v) is 7.31. The minimum atomic E-state index is -0.432. The molecule has 0 unspecified atom stereocenters. The minimum Gasteiger partial charge on any atom is -0.494 e. The maximum absolute atomic E-state index is 13.9. The average Bonchev–Trinajstić information content (AvgIpc) is 3.09. The molecule has 1 aliphatic heterocycles. The highest BCUT2D eigenvalue weighted by molar-refractivity contribution is 5.66. The van der Waals surface area contributed by atoms with Crippen LogP contribution in [0.5, 0.6) is 17.2 Å². The summed E-state index contributed by atoms with van der Waals surface area (Å²) in [4.78, 5) is 8.81. The van der Waals surface area contributed by atoms with Gasteiger partial charge < -0.3 is 14.2 Å². The first-order valence-electron chi connectivity index (χ1n) is 7.31. The number of halogens is 1. The van der Waals surface area contributed by atoms with E-state index in [2.05, 4.69) is 9.97 Å². The van der Waals surface area contributed by atoms with Crippen LogP contribution >= 0.6 is 0 Å². The Morgan fingerprint density at radius 2 is 1.83 bits per heavy atom. The van der Waals surface area contributed by atoms with E-state index in [1.807, 2.05) is 18.2 Å². The monoisotopic (exact) mass is 324 g/mol. The molecule has 24 heavy (non-hydrogen) atoms. The number of ether oxygens (including phenoxy) is 3. The van der Waals surface area contributed by atoms with Gasteiger partial charge in [0.25, 0.3) is 0 Å². The first-order chi connectivity index (χ1) is 11.7. The largest absolute Gasteiger partial charge is 0.494 e. The topological polar surface area (TPSA) is 53.5 Å². The normalized spacial score (nSPS) is 12.2. The maximum Gasteiger partial charge on any atom is 0.231 e. The van der Waals surface area contributed by atoms with Crippen LogP contribution in [0.4, 0.5) is 4.39 Å². The van der Waals surface area contributed by atoms with E-state index in [1.165, 1.54) is 13.2 Å². The highest BCUT2D eigenvalue weighted by Crippen LogP contribution is 2.35. The van der Waals surface area contributed by atoms with E-state index in [1.54, 1.807) is 24.4 Å². The molecule has 0 atom stereocenters. The molecule has 2 aromatic carbocycles. The van der Waals surface area contributed by atoms with Crippen molar-refractivity contribution in [3.8, 4) is 39.9 Å². The lowest BCUT2D eigenvalue weighted by atomic mass is 10.1. The van der Waals surface area contributed by atoms with Crippen molar-refractivity contribution in [2.24, 2.45) is 0 Å². The number of hydrogen-bond acceptors (Lipinski definition) is 5. The molecule has 1 aromatic heterocycles. The molecule has 0 bridgehead atoms.